The zero-order valence-electron chi connectivity index (χ0n) is 17.6. The highest BCUT2D eigenvalue weighted by atomic mass is 32.2. The van der Waals surface area contributed by atoms with Gasteiger partial charge < -0.3 is 15.0 Å². The largest absolute Gasteiger partial charge is 0.382 e. The van der Waals surface area contributed by atoms with Crippen LogP contribution in [0.3, 0.4) is 0 Å². The number of aryl methyl sites for hydroxylation is 2. The number of hydrogen-bond acceptors (Lipinski definition) is 7. The van der Waals surface area contributed by atoms with Gasteiger partial charge in [-0.15, -0.1) is 0 Å². The molecule has 3 N–H and O–H groups in total. The molecular weight excluding hydrogens is 416 g/mol. The van der Waals surface area contributed by atoms with E-state index in [4.69, 9.17) is 15.7 Å². The number of sulfonamides is 1. The monoisotopic (exact) mass is 442 g/mol. The summed E-state index contributed by atoms with van der Waals surface area (Å²) in [6.07, 6.45) is 1.36. The quantitative estimate of drug-likeness (QED) is 0.460. The molecule has 10 heteroatoms. The fraction of sp³-hybridized carbons (Fsp3) is 0.381. The van der Waals surface area contributed by atoms with E-state index < -0.39 is 10.0 Å². The molecule has 0 spiro atoms. The van der Waals surface area contributed by atoms with Crippen LogP contribution in [0, 0.1) is 18.3 Å². The van der Waals surface area contributed by atoms with Crippen LogP contribution in [0.15, 0.2) is 35.2 Å². The number of nitrogens with zero attached hydrogens (tertiary/aromatic N) is 4. The summed E-state index contributed by atoms with van der Waals surface area (Å²) in [5.41, 5.74) is 8.70. The summed E-state index contributed by atoms with van der Waals surface area (Å²) in [6.45, 7) is 5.68. The summed E-state index contributed by atoms with van der Waals surface area (Å²) in [6, 6.07) is 9.85. The average Bonchev–Trinajstić information content (AvgIpc) is 3.09. The van der Waals surface area contributed by atoms with Crippen LogP contribution in [0.2, 0.25) is 0 Å². The molecule has 0 unspecified atom stereocenters. The zero-order chi connectivity index (χ0) is 22.4. The second-order valence-electron chi connectivity index (χ2n) is 7.08. The molecule has 0 bridgehead atoms. The van der Waals surface area contributed by atoms with Gasteiger partial charge in [-0.2, -0.15) is 5.26 Å². The molecule has 164 valence electrons. The molecular formula is C21H26N6O3S. The van der Waals surface area contributed by atoms with Crippen molar-refractivity contribution in [1.82, 2.24) is 19.3 Å². The van der Waals surface area contributed by atoms with E-state index in [1.807, 2.05) is 26.0 Å². The summed E-state index contributed by atoms with van der Waals surface area (Å²) < 4.78 is 35.1. The Bertz CT molecular complexity index is 1210. The lowest BCUT2D eigenvalue weighted by atomic mass is 10.2. The molecule has 0 saturated heterocycles. The Kier molecular flexibility index (Phi) is 7.22. The second kappa shape index (κ2) is 9.87. The van der Waals surface area contributed by atoms with Crippen LogP contribution >= 0.6 is 0 Å². The molecule has 3 aromatic rings. The standard InChI is InChI=1S/C21H26N6O3S/c1-3-30-14-19-26-20-18(11-15(2)25-21(20)23)27(19)10-5-4-9-24-31(28,29)17-8-6-7-16(12-17)13-22/h6-8,11-12,24H,3-5,9-10,14H2,1-2H3,(H2,23,25). The van der Waals surface area contributed by atoms with Gasteiger partial charge in [0, 0.05) is 25.4 Å². The third-order valence-corrected chi connectivity index (χ3v) is 6.24. The molecule has 0 amide bonds. The van der Waals surface area contributed by atoms with Crippen molar-refractivity contribution in [2.24, 2.45) is 0 Å². The van der Waals surface area contributed by atoms with Gasteiger partial charge in [0.15, 0.2) is 5.82 Å². The minimum Gasteiger partial charge on any atom is -0.382 e. The highest BCUT2D eigenvalue weighted by Gasteiger charge is 2.16. The molecule has 2 heterocycles. The maximum atomic E-state index is 12.4. The van der Waals surface area contributed by atoms with Crippen molar-refractivity contribution in [3.63, 3.8) is 0 Å². The number of hydrogen-bond donors (Lipinski definition) is 2. The molecule has 0 saturated carbocycles. The van der Waals surface area contributed by atoms with Crippen molar-refractivity contribution >= 4 is 26.9 Å². The zero-order valence-corrected chi connectivity index (χ0v) is 18.4. The molecule has 0 fully saturated rings. The van der Waals surface area contributed by atoms with E-state index in [0.29, 0.717) is 43.1 Å². The van der Waals surface area contributed by atoms with Gasteiger partial charge in [-0.3, -0.25) is 0 Å². The predicted molar refractivity (Wildman–Crippen MR) is 118 cm³/mol. The number of nitrogen functional groups attached to an aromatic ring is 1. The van der Waals surface area contributed by atoms with Crippen molar-refractivity contribution in [3.8, 4) is 6.07 Å². The first kappa shape index (κ1) is 22.7. The number of nitriles is 1. The number of nitrogens with one attached hydrogen (secondary N) is 1. The van der Waals surface area contributed by atoms with Crippen molar-refractivity contribution in [2.75, 3.05) is 18.9 Å². The van der Waals surface area contributed by atoms with Crippen LogP contribution in [0.1, 0.15) is 36.8 Å². The Morgan fingerprint density at radius 3 is 2.81 bits per heavy atom. The number of unbranched alkanes of at least 4 members (excludes halogenated alkanes) is 1. The first-order valence-corrected chi connectivity index (χ1v) is 11.5. The number of fused-ring (bicyclic) bond motifs is 1. The number of benzene rings is 1. The normalized spacial score (nSPS) is 11.6. The number of ether oxygens (including phenoxy) is 1. The van der Waals surface area contributed by atoms with E-state index in [1.165, 1.54) is 12.1 Å². The lowest BCUT2D eigenvalue weighted by Crippen LogP contribution is -2.25. The van der Waals surface area contributed by atoms with Crippen LogP contribution in [-0.4, -0.2) is 36.1 Å². The highest BCUT2D eigenvalue weighted by Crippen LogP contribution is 2.23. The molecule has 0 aliphatic heterocycles. The summed E-state index contributed by atoms with van der Waals surface area (Å²) in [4.78, 5) is 8.96. The number of rotatable bonds is 10. The van der Waals surface area contributed by atoms with Gasteiger partial charge in [-0.05, 0) is 51.0 Å². The van der Waals surface area contributed by atoms with Gasteiger partial charge in [-0.1, -0.05) is 6.07 Å². The van der Waals surface area contributed by atoms with Gasteiger partial charge in [0.1, 0.15) is 17.9 Å². The summed E-state index contributed by atoms with van der Waals surface area (Å²) >= 11 is 0. The summed E-state index contributed by atoms with van der Waals surface area (Å²) in [5, 5.41) is 8.96. The molecule has 31 heavy (non-hydrogen) atoms. The third-order valence-electron chi connectivity index (χ3n) is 4.78. The lowest BCUT2D eigenvalue weighted by molar-refractivity contribution is 0.126. The number of anilines is 1. The van der Waals surface area contributed by atoms with E-state index in [1.54, 1.807) is 12.1 Å². The topological polar surface area (TPSA) is 136 Å². The maximum absolute atomic E-state index is 12.4. The number of imidazole rings is 1. The predicted octanol–water partition coefficient (Wildman–Crippen LogP) is 2.49. The van der Waals surface area contributed by atoms with Gasteiger partial charge in [0.25, 0.3) is 0 Å². The molecule has 3 rings (SSSR count). The third kappa shape index (κ3) is 5.38. The van der Waals surface area contributed by atoms with E-state index in [0.717, 1.165) is 23.5 Å². The molecule has 0 radical (unpaired) electrons. The first-order chi connectivity index (χ1) is 14.9. The number of aromatic nitrogens is 3. The Morgan fingerprint density at radius 2 is 2.06 bits per heavy atom. The van der Waals surface area contributed by atoms with Crippen LogP contribution in [0.25, 0.3) is 11.0 Å². The average molecular weight is 443 g/mol. The van der Waals surface area contributed by atoms with Crippen molar-refractivity contribution in [2.45, 2.75) is 44.7 Å². The minimum absolute atomic E-state index is 0.0876. The van der Waals surface area contributed by atoms with E-state index in [9.17, 15) is 8.42 Å². The van der Waals surface area contributed by atoms with Crippen molar-refractivity contribution < 1.29 is 13.2 Å². The first-order valence-electron chi connectivity index (χ1n) is 10.1. The Hall–Kier alpha value is -3.00. The smallest absolute Gasteiger partial charge is 0.240 e. The van der Waals surface area contributed by atoms with Gasteiger partial charge >= 0.3 is 0 Å². The number of pyridine rings is 1. The van der Waals surface area contributed by atoms with Crippen LogP contribution in [-0.2, 0) is 27.9 Å². The molecule has 2 aromatic heterocycles. The van der Waals surface area contributed by atoms with E-state index in [2.05, 4.69) is 19.3 Å². The SMILES string of the molecule is CCOCc1nc2c(N)nc(C)cc2n1CCCCNS(=O)(=O)c1cccc(C#N)c1. The molecule has 0 atom stereocenters. The van der Waals surface area contributed by atoms with Crippen LogP contribution in [0.4, 0.5) is 5.82 Å². The fourth-order valence-corrected chi connectivity index (χ4v) is 4.41. The number of nitrogens with two attached hydrogens (primary N) is 1. The lowest BCUT2D eigenvalue weighted by Gasteiger charge is -2.11. The van der Waals surface area contributed by atoms with Crippen molar-refractivity contribution in [3.05, 3.63) is 47.4 Å². The molecule has 0 aliphatic carbocycles. The minimum atomic E-state index is -3.66. The Balaban J connectivity index is 1.65. The summed E-state index contributed by atoms with van der Waals surface area (Å²) in [5.74, 6) is 1.16. The maximum Gasteiger partial charge on any atom is 0.240 e. The molecule has 0 aliphatic rings. The Labute approximate surface area is 181 Å². The second-order valence-corrected chi connectivity index (χ2v) is 8.84. The van der Waals surface area contributed by atoms with Crippen molar-refractivity contribution in [1.29, 1.82) is 5.26 Å². The molecule has 9 nitrogen and oxygen atoms in total. The van der Waals surface area contributed by atoms with Gasteiger partial charge in [0.05, 0.1) is 22.0 Å². The van der Waals surface area contributed by atoms with Gasteiger partial charge in [-0.25, -0.2) is 23.1 Å². The molecule has 1 aromatic carbocycles. The Morgan fingerprint density at radius 1 is 1.26 bits per heavy atom. The summed E-state index contributed by atoms with van der Waals surface area (Å²) in [7, 11) is -3.66. The van der Waals surface area contributed by atoms with Gasteiger partial charge in [0.2, 0.25) is 10.0 Å². The fourth-order valence-electron chi connectivity index (χ4n) is 3.29. The van der Waals surface area contributed by atoms with E-state index in [-0.39, 0.29) is 11.4 Å². The highest BCUT2D eigenvalue weighted by molar-refractivity contribution is 7.89. The van der Waals surface area contributed by atoms with Crippen LogP contribution in [0.5, 0.6) is 0 Å². The van der Waals surface area contributed by atoms with Crippen LogP contribution < -0.4 is 10.5 Å². The van der Waals surface area contributed by atoms with E-state index >= 15 is 0 Å².